The van der Waals surface area contributed by atoms with E-state index in [0.717, 1.165) is 3.57 Å². The maximum atomic E-state index is 11.9. The van der Waals surface area contributed by atoms with Crippen molar-refractivity contribution in [3.05, 3.63) is 51.6 Å². The first kappa shape index (κ1) is 19.0. The van der Waals surface area contributed by atoms with Gasteiger partial charge in [-0.3, -0.25) is 10.1 Å². The second-order valence-electron chi connectivity index (χ2n) is 5.45. The van der Waals surface area contributed by atoms with Gasteiger partial charge in [0.25, 0.3) is 5.91 Å². The lowest BCUT2D eigenvalue weighted by Gasteiger charge is -2.19. The molecule has 0 radical (unpaired) electrons. The number of carbonyl (C=O) groups excluding carboxylic acids is 3. The number of nitrogens with one attached hydrogen (secondary N) is 2. The molecule has 0 saturated heterocycles. The summed E-state index contributed by atoms with van der Waals surface area (Å²) in [5.41, 5.74) is 0.760. The molecule has 2 N–H and O–H groups in total. The van der Waals surface area contributed by atoms with Crippen molar-refractivity contribution in [2.24, 2.45) is 0 Å². The van der Waals surface area contributed by atoms with Crippen LogP contribution >= 0.6 is 22.6 Å². The van der Waals surface area contributed by atoms with Crippen molar-refractivity contribution in [2.75, 3.05) is 25.1 Å². The van der Waals surface area contributed by atoms with Crippen LogP contribution in [0, 0.1) is 3.57 Å². The summed E-state index contributed by atoms with van der Waals surface area (Å²) in [7, 11) is 0. The highest BCUT2D eigenvalue weighted by Crippen LogP contribution is 2.32. The number of ether oxygens (including phenoxy) is 3. The number of urea groups is 1. The molecule has 8 nitrogen and oxygen atoms in total. The third kappa shape index (κ3) is 5.33. The molecule has 9 heteroatoms. The van der Waals surface area contributed by atoms with Crippen molar-refractivity contribution < 1.29 is 28.6 Å². The second-order valence-corrected chi connectivity index (χ2v) is 6.69. The summed E-state index contributed by atoms with van der Waals surface area (Å²) < 4.78 is 16.6. The molecule has 1 aliphatic rings. The van der Waals surface area contributed by atoms with Gasteiger partial charge in [-0.2, -0.15) is 0 Å². The topological polar surface area (TPSA) is 103 Å². The largest absolute Gasteiger partial charge is 0.486 e. The molecular weight excluding hydrogens is 467 g/mol. The van der Waals surface area contributed by atoms with Gasteiger partial charge in [0, 0.05) is 15.3 Å². The third-order valence-electron chi connectivity index (χ3n) is 3.45. The van der Waals surface area contributed by atoms with Gasteiger partial charge >= 0.3 is 12.0 Å². The van der Waals surface area contributed by atoms with Crippen molar-refractivity contribution in [1.82, 2.24) is 5.32 Å². The molecule has 1 heterocycles. The molecule has 0 fully saturated rings. The molecule has 0 aliphatic carbocycles. The predicted octanol–water partition coefficient (Wildman–Crippen LogP) is 2.57. The van der Waals surface area contributed by atoms with Gasteiger partial charge in [-0.05, 0) is 52.9 Å². The van der Waals surface area contributed by atoms with E-state index in [1.165, 1.54) is 0 Å². The van der Waals surface area contributed by atoms with Gasteiger partial charge in [-0.15, -0.1) is 0 Å². The average Bonchev–Trinajstić information content (AvgIpc) is 2.66. The number of anilines is 1. The van der Waals surface area contributed by atoms with Gasteiger partial charge in [-0.25, -0.2) is 9.59 Å². The lowest BCUT2D eigenvalue weighted by atomic mass is 10.2. The fraction of sp³-hybridized carbons (Fsp3) is 0.167. The molecule has 2 aromatic rings. The zero-order chi connectivity index (χ0) is 19.2. The number of imide groups is 1. The number of rotatable bonds is 4. The number of carbonyl (C=O) groups is 3. The van der Waals surface area contributed by atoms with E-state index in [0.29, 0.717) is 36.0 Å². The van der Waals surface area contributed by atoms with Crippen LogP contribution in [0.2, 0.25) is 0 Å². The number of fused-ring (bicyclic) bond motifs is 1. The van der Waals surface area contributed by atoms with E-state index in [4.69, 9.17) is 14.2 Å². The second kappa shape index (κ2) is 8.71. The van der Waals surface area contributed by atoms with Gasteiger partial charge in [0.1, 0.15) is 13.2 Å². The first-order valence-electron chi connectivity index (χ1n) is 7.94. The van der Waals surface area contributed by atoms with E-state index in [1.807, 2.05) is 6.07 Å². The first-order valence-corrected chi connectivity index (χ1v) is 9.02. The monoisotopic (exact) mass is 482 g/mol. The van der Waals surface area contributed by atoms with Crippen LogP contribution in [0.4, 0.5) is 10.5 Å². The van der Waals surface area contributed by atoms with Crippen molar-refractivity contribution in [2.45, 2.75) is 0 Å². The zero-order valence-electron chi connectivity index (χ0n) is 14.0. The highest BCUT2D eigenvalue weighted by Gasteiger charge is 2.15. The highest BCUT2D eigenvalue weighted by atomic mass is 127. The molecule has 0 spiro atoms. The quantitative estimate of drug-likeness (QED) is 0.513. The standard InChI is InChI=1S/C18H15IN2O6/c19-12-3-1-2-11(8-12)17(23)27-10-16(22)21-18(24)20-13-4-5-14-15(9-13)26-7-6-25-14/h1-5,8-9H,6-7,10H2,(H2,20,21,22,24). The van der Waals surface area contributed by atoms with E-state index >= 15 is 0 Å². The molecule has 1 aliphatic heterocycles. The molecular formula is C18H15IN2O6. The Morgan fingerprint density at radius 2 is 1.81 bits per heavy atom. The molecule has 0 saturated carbocycles. The molecule has 0 atom stereocenters. The van der Waals surface area contributed by atoms with Crippen LogP contribution < -0.4 is 20.1 Å². The summed E-state index contributed by atoms with van der Waals surface area (Å²) in [5, 5.41) is 4.59. The molecule has 0 aromatic heterocycles. The van der Waals surface area contributed by atoms with Gasteiger partial charge < -0.3 is 19.5 Å². The molecule has 27 heavy (non-hydrogen) atoms. The Balaban J connectivity index is 1.48. The third-order valence-corrected chi connectivity index (χ3v) is 4.12. The van der Waals surface area contributed by atoms with E-state index < -0.39 is 24.5 Å². The smallest absolute Gasteiger partial charge is 0.338 e. The summed E-state index contributed by atoms with van der Waals surface area (Å²) in [5.74, 6) is -0.289. The van der Waals surface area contributed by atoms with Crippen molar-refractivity contribution >= 4 is 46.2 Å². The van der Waals surface area contributed by atoms with E-state index in [2.05, 4.69) is 33.2 Å². The summed E-state index contributed by atoms with van der Waals surface area (Å²) in [6.45, 7) is 0.321. The van der Waals surface area contributed by atoms with Crippen LogP contribution in [0.3, 0.4) is 0 Å². The van der Waals surface area contributed by atoms with Crippen LogP contribution in [-0.2, 0) is 9.53 Å². The van der Waals surface area contributed by atoms with Crippen LogP contribution in [0.25, 0.3) is 0 Å². The Bertz CT molecular complexity index is 886. The Morgan fingerprint density at radius 3 is 2.59 bits per heavy atom. The van der Waals surface area contributed by atoms with Crippen molar-refractivity contribution in [1.29, 1.82) is 0 Å². The van der Waals surface area contributed by atoms with Gasteiger partial charge in [0.2, 0.25) is 0 Å². The van der Waals surface area contributed by atoms with E-state index in [-0.39, 0.29) is 0 Å². The van der Waals surface area contributed by atoms with E-state index in [9.17, 15) is 14.4 Å². The van der Waals surface area contributed by atoms with Gasteiger partial charge in [-0.1, -0.05) is 6.07 Å². The normalized spacial score (nSPS) is 12.0. The first-order chi connectivity index (χ1) is 13.0. The van der Waals surface area contributed by atoms with Gasteiger partial charge in [0.15, 0.2) is 18.1 Å². The summed E-state index contributed by atoms with van der Waals surface area (Å²) in [6, 6.07) is 10.9. The number of halogens is 1. The summed E-state index contributed by atoms with van der Waals surface area (Å²) in [6.07, 6.45) is 0. The van der Waals surface area contributed by atoms with Crippen molar-refractivity contribution in [3.63, 3.8) is 0 Å². The van der Waals surface area contributed by atoms with Crippen LogP contribution in [0.15, 0.2) is 42.5 Å². The summed E-state index contributed by atoms with van der Waals surface area (Å²) >= 11 is 2.06. The Labute approximate surface area is 168 Å². The lowest BCUT2D eigenvalue weighted by molar-refractivity contribution is -0.123. The molecule has 0 unspecified atom stereocenters. The van der Waals surface area contributed by atoms with Crippen molar-refractivity contribution in [3.8, 4) is 11.5 Å². The number of esters is 1. The molecule has 3 rings (SSSR count). The molecule has 140 valence electrons. The molecule has 2 aromatic carbocycles. The SMILES string of the molecule is O=C(COC(=O)c1cccc(I)c1)NC(=O)Nc1ccc2c(c1)OCCO2. The maximum Gasteiger partial charge on any atom is 0.338 e. The summed E-state index contributed by atoms with van der Waals surface area (Å²) in [4.78, 5) is 35.6. The number of amides is 3. The molecule has 0 bridgehead atoms. The highest BCUT2D eigenvalue weighted by molar-refractivity contribution is 14.1. The van der Waals surface area contributed by atoms with Gasteiger partial charge in [0.05, 0.1) is 5.56 Å². The maximum absolute atomic E-state index is 11.9. The number of benzene rings is 2. The van der Waals surface area contributed by atoms with Crippen LogP contribution in [0.1, 0.15) is 10.4 Å². The Kier molecular flexibility index (Phi) is 6.12. The number of hydrogen-bond acceptors (Lipinski definition) is 6. The predicted molar refractivity (Wildman–Crippen MR) is 104 cm³/mol. The minimum absolute atomic E-state index is 0.329. The molecule has 3 amide bonds. The Morgan fingerprint density at radius 1 is 1.04 bits per heavy atom. The fourth-order valence-corrected chi connectivity index (χ4v) is 2.82. The fourth-order valence-electron chi connectivity index (χ4n) is 2.28. The van der Waals surface area contributed by atoms with Crippen LogP contribution in [0.5, 0.6) is 11.5 Å². The minimum Gasteiger partial charge on any atom is -0.486 e. The average molecular weight is 482 g/mol. The van der Waals surface area contributed by atoms with Crippen LogP contribution in [-0.4, -0.2) is 37.7 Å². The number of hydrogen-bond donors (Lipinski definition) is 2. The van der Waals surface area contributed by atoms with E-state index in [1.54, 1.807) is 36.4 Å². The zero-order valence-corrected chi connectivity index (χ0v) is 16.1. The lowest BCUT2D eigenvalue weighted by Crippen LogP contribution is -2.37. The minimum atomic E-state index is -0.748. The Hall–Kier alpha value is -2.82.